The van der Waals surface area contributed by atoms with Gasteiger partial charge in [0.2, 0.25) is 0 Å². The molecule has 0 aromatic rings. The van der Waals surface area contributed by atoms with Crippen molar-refractivity contribution in [1.82, 2.24) is 4.90 Å². The number of hydrogen-bond acceptors (Lipinski definition) is 2. The average Bonchev–Trinajstić information content (AvgIpc) is 1.88. The van der Waals surface area contributed by atoms with E-state index in [1.165, 1.54) is 12.8 Å². The van der Waals surface area contributed by atoms with Gasteiger partial charge in [-0.05, 0) is 25.3 Å². The summed E-state index contributed by atoms with van der Waals surface area (Å²) in [5.41, 5.74) is 0. The van der Waals surface area contributed by atoms with Gasteiger partial charge in [-0.15, -0.1) is 0 Å². The molecule has 1 aliphatic rings. The summed E-state index contributed by atoms with van der Waals surface area (Å²) in [4.78, 5) is 2.23. The highest BCUT2D eigenvalue weighted by molar-refractivity contribution is 4.79. The van der Waals surface area contributed by atoms with Crippen LogP contribution in [0.3, 0.4) is 0 Å². The molecular formula is C8H14N2. The van der Waals surface area contributed by atoms with E-state index in [9.17, 15) is 0 Å². The van der Waals surface area contributed by atoms with E-state index in [4.69, 9.17) is 5.26 Å². The van der Waals surface area contributed by atoms with Gasteiger partial charge in [0.15, 0.2) is 0 Å². The second kappa shape index (κ2) is 3.58. The van der Waals surface area contributed by atoms with Gasteiger partial charge in [-0.1, -0.05) is 6.92 Å². The van der Waals surface area contributed by atoms with E-state index in [2.05, 4.69) is 17.9 Å². The summed E-state index contributed by atoms with van der Waals surface area (Å²) in [5, 5.41) is 8.41. The van der Waals surface area contributed by atoms with Gasteiger partial charge in [-0.3, -0.25) is 4.90 Å². The largest absolute Gasteiger partial charge is 0.290 e. The lowest BCUT2D eigenvalue weighted by Crippen LogP contribution is -2.34. The predicted octanol–water partition coefficient (Wildman–Crippen LogP) is 1.24. The normalized spacial score (nSPS) is 27.8. The SMILES string of the molecule is C[C@@H]1CCCN(CC#N)C1. The molecule has 0 aromatic carbocycles. The van der Waals surface area contributed by atoms with Gasteiger partial charge < -0.3 is 0 Å². The van der Waals surface area contributed by atoms with Gasteiger partial charge in [-0.25, -0.2) is 0 Å². The number of nitrogens with zero attached hydrogens (tertiary/aromatic N) is 2. The van der Waals surface area contributed by atoms with Crippen molar-refractivity contribution < 1.29 is 0 Å². The van der Waals surface area contributed by atoms with Crippen LogP contribution in [-0.2, 0) is 0 Å². The monoisotopic (exact) mass is 138 g/mol. The fraction of sp³-hybridized carbons (Fsp3) is 0.875. The topological polar surface area (TPSA) is 27.0 Å². The van der Waals surface area contributed by atoms with Crippen molar-refractivity contribution in [2.75, 3.05) is 19.6 Å². The highest BCUT2D eigenvalue weighted by atomic mass is 15.1. The van der Waals surface area contributed by atoms with E-state index in [-0.39, 0.29) is 0 Å². The molecule has 0 bridgehead atoms. The zero-order chi connectivity index (χ0) is 7.40. The molecule has 1 atom stereocenters. The molecule has 2 nitrogen and oxygen atoms in total. The summed E-state index contributed by atoms with van der Waals surface area (Å²) in [6, 6.07) is 2.18. The molecule has 0 N–H and O–H groups in total. The smallest absolute Gasteiger partial charge is 0.0866 e. The van der Waals surface area contributed by atoms with Crippen molar-refractivity contribution in [1.29, 1.82) is 5.26 Å². The Hall–Kier alpha value is -0.550. The first-order valence-corrected chi connectivity index (χ1v) is 3.92. The summed E-state index contributed by atoms with van der Waals surface area (Å²) < 4.78 is 0. The van der Waals surface area contributed by atoms with Crippen LogP contribution >= 0.6 is 0 Å². The second-order valence-electron chi connectivity index (χ2n) is 3.14. The van der Waals surface area contributed by atoms with Crippen LogP contribution in [-0.4, -0.2) is 24.5 Å². The summed E-state index contributed by atoms with van der Waals surface area (Å²) in [6.45, 7) is 5.11. The zero-order valence-electron chi connectivity index (χ0n) is 6.51. The molecule has 10 heavy (non-hydrogen) atoms. The lowest BCUT2D eigenvalue weighted by atomic mass is 10.0. The standard InChI is InChI=1S/C8H14N2/c1-8-3-2-5-10(7-8)6-4-9/h8H,2-3,5-7H2,1H3/t8-/m1/s1. The Morgan fingerprint density at radius 1 is 1.70 bits per heavy atom. The fourth-order valence-corrected chi connectivity index (χ4v) is 1.53. The molecule has 0 amide bonds. The van der Waals surface area contributed by atoms with E-state index in [1.807, 2.05) is 0 Å². The Balaban J connectivity index is 2.27. The van der Waals surface area contributed by atoms with Crippen LogP contribution in [0.1, 0.15) is 19.8 Å². The molecule has 0 unspecified atom stereocenters. The van der Waals surface area contributed by atoms with E-state index in [0.717, 1.165) is 19.0 Å². The zero-order valence-corrected chi connectivity index (χ0v) is 6.51. The number of likely N-dealkylation sites (tertiary alicyclic amines) is 1. The Morgan fingerprint density at radius 2 is 2.50 bits per heavy atom. The molecule has 0 saturated carbocycles. The number of piperidine rings is 1. The predicted molar refractivity (Wildman–Crippen MR) is 40.5 cm³/mol. The molecule has 0 aromatic heterocycles. The van der Waals surface area contributed by atoms with Crippen LogP contribution in [0.5, 0.6) is 0 Å². The molecule has 1 rings (SSSR count). The van der Waals surface area contributed by atoms with Crippen molar-refractivity contribution in [3.8, 4) is 6.07 Å². The number of rotatable bonds is 1. The van der Waals surface area contributed by atoms with E-state index >= 15 is 0 Å². The molecule has 0 aliphatic carbocycles. The maximum Gasteiger partial charge on any atom is 0.0866 e. The first kappa shape index (κ1) is 7.56. The maximum absolute atomic E-state index is 8.41. The molecule has 0 radical (unpaired) electrons. The molecule has 2 heteroatoms. The lowest BCUT2D eigenvalue weighted by Gasteiger charge is -2.28. The van der Waals surface area contributed by atoms with Gasteiger partial charge in [-0.2, -0.15) is 5.26 Å². The highest BCUT2D eigenvalue weighted by Gasteiger charge is 2.14. The Morgan fingerprint density at radius 3 is 3.10 bits per heavy atom. The van der Waals surface area contributed by atoms with Gasteiger partial charge in [0.25, 0.3) is 0 Å². The van der Waals surface area contributed by atoms with Gasteiger partial charge in [0.05, 0.1) is 12.6 Å². The van der Waals surface area contributed by atoms with Crippen molar-refractivity contribution >= 4 is 0 Å². The minimum absolute atomic E-state index is 0.615. The van der Waals surface area contributed by atoms with Crippen LogP contribution in [0.2, 0.25) is 0 Å². The summed E-state index contributed by atoms with van der Waals surface area (Å²) in [5.74, 6) is 0.794. The molecular weight excluding hydrogens is 124 g/mol. The van der Waals surface area contributed by atoms with Crippen molar-refractivity contribution in [3.63, 3.8) is 0 Å². The van der Waals surface area contributed by atoms with Crippen molar-refractivity contribution in [2.45, 2.75) is 19.8 Å². The summed E-state index contributed by atoms with van der Waals surface area (Å²) in [7, 11) is 0. The molecule has 1 heterocycles. The third kappa shape index (κ3) is 2.00. The van der Waals surface area contributed by atoms with Crippen LogP contribution in [0, 0.1) is 17.2 Å². The van der Waals surface area contributed by atoms with Gasteiger partial charge >= 0.3 is 0 Å². The van der Waals surface area contributed by atoms with Crippen molar-refractivity contribution in [2.24, 2.45) is 5.92 Å². The Kier molecular flexibility index (Phi) is 2.70. The first-order valence-electron chi connectivity index (χ1n) is 3.92. The lowest BCUT2D eigenvalue weighted by molar-refractivity contribution is 0.203. The molecule has 0 spiro atoms. The first-order chi connectivity index (χ1) is 4.83. The quantitative estimate of drug-likeness (QED) is 0.510. The van der Waals surface area contributed by atoms with Crippen LogP contribution in [0.4, 0.5) is 0 Å². The minimum Gasteiger partial charge on any atom is -0.290 e. The van der Waals surface area contributed by atoms with Gasteiger partial charge in [0.1, 0.15) is 0 Å². The minimum atomic E-state index is 0.615. The summed E-state index contributed by atoms with van der Waals surface area (Å²) in [6.07, 6.45) is 2.60. The molecule has 1 fully saturated rings. The van der Waals surface area contributed by atoms with E-state index in [1.54, 1.807) is 0 Å². The van der Waals surface area contributed by atoms with Gasteiger partial charge in [0, 0.05) is 6.54 Å². The van der Waals surface area contributed by atoms with Crippen LogP contribution in [0.15, 0.2) is 0 Å². The highest BCUT2D eigenvalue weighted by Crippen LogP contribution is 2.14. The second-order valence-corrected chi connectivity index (χ2v) is 3.14. The number of hydrogen-bond donors (Lipinski definition) is 0. The van der Waals surface area contributed by atoms with Crippen molar-refractivity contribution in [3.05, 3.63) is 0 Å². The van der Waals surface area contributed by atoms with Crippen LogP contribution in [0.25, 0.3) is 0 Å². The third-order valence-electron chi connectivity index (χ3n) is 2.04. The third-order valence-corrected chi connectivity index (χ3v) is 2.04. The van der Waals surface area contributed by atoms with E-state index < -0.39 is 0 Å². The number of nitriles is 1. The average molecular weight is 138 g/mol. The Bertz CT molecular complexity index is 137. The van der Waals surface area contributed by atoms with E-state index in [0.29, 0.717) is 6.54 Å². The Labute approximate surface area is 62.4 Å². The molecule has 1 aliphatic heterocycles. The van der Waals surface area contributed by atoms with Crippen LogP contribution < -0.4 is 0 Å². The molecule has 1 saturated heterocycles. The summed E-state index contributed by atoms with van der Waals surface area (Å²) >= 11 is 0. The molecule has 56 valence electrons. The maximum atomic E-state index is 8.41. The fourth-order valence-electron chi connectivity index (χ4n) is 1.53.